The van der Waals surface area contributed by atoms with Crippen LogP contribution in [0.15, 0.2) is 243 Å². The molecule has 11 aromatic rings. The summed E-state index contributed by atoms with van der Waals surface area (Å²) in [5.74, 6) is 0. The lowest BCUT2D eigenvalue weighted by Gasteiger charge is -2.29. The molecule has 1 heteroatoms. The van der Waals surface area contributed by atoms with Crippen LogP contribution in [-0.2, 0) is 0 Å². The van der Waals surface area contributed by atoms with Gasteiger partial charge in [-0.25, -0.2) is 0 Å². The molecule has 0 aliphatic carbocycles. The van der Waals surface area contributed by atoms with Gasteiger partial charge in [0, 0.05) is 22.1 Å². The second-order valence-electron chi connectivity index (χ2n) is 15.9. The van der Waals surface area contributed by atoms with E-state index in [0.717, 1.165) is 11.4 Å². The van der Waals surface area contributed by atoms with Crippen LogP contribution in [0, 0.1) is 20.8 Å². The maximum atomic E-state index is 2.44. The van der Waals surface area contributed by atoms with Crippen molar-refractivity contribution in [3.8, 4) is 22.3 Å². The predicted octanol–water partition coefficient (Wildman–Crippen LogP) is 17.4. The van der Waals surface area contributed by atoms with E-state index in [1.54, 1.807) is 0 Å². The summed E-state index contributed by atoms with van der Waals surface area (Å²) in [6.07, 6.45) is 0. The Hall–Kier alpha value is -7.74. The summed E-state index contributed by atoms with van der Waals surface area (Å²) < 4.78 is 0. The average Bonchev–Trinajstić information content (AvgIpc) is 3.34. The van der Waals surface area contributed by atoms with Gasteiger partial charge in [0.15, 0.2) is 0 Å². The van der Waals surface area contributed by atoms with Crippen molar-refractivity contribution in [2.24, 2.45) is 0 Å². The Bertz CT molecular complexity index is 3180. The molecule has 0 aliphatic rings. The molecule has 0 radical (unpaired) electrons. The van der Waals surface area contributed by atoms with Crippen LogP contribution in [0.5, 0.6) is 0 Å². The Morgan fingerprint density at radius 3 is 1.16 bits per heavy atom. The van der Waals surface area contributed by atoms with E-state index in [2.05, 4.69) is 262 Å². The van der Waals surface area contributed by atoms with Gasteiger partial charge in [-0.05, 0) is 105 Å². The fourth-order valence-corrected chi connectivity index (χ4v) is 8.41. The zero-order valence-corrected chi connectivity index (χ0v) is 35.5. The lowest BCUT2D eigenvalue weighted by Crippen LogP contribution is -2.11. The van der Waals surface area contributed by atoms with Crippen molar-refractivity contribution < 1.29 is 0 Å². The molecule has 0 atom stereocenters. The third-order valence-electron chi connectivity index (χ3n) is 11.7. The smallest absolute Gasteiger partial charge is 0.0618 e. The van der Waals surface area contributed by atoms with Crippen LogP contribution in [0.25, 0.3) is 65.3 Å². The highest BCUT2D eigenvalue weighted by atomic mass is 15.1. The molecule has 0 N–H and O–H groups in total. The summed E-state index contributed by atoms with van der Waals surface area (Å²) in [6, 6.07) is 86.5. The van der Waals surface area contributed by atoms with Gasteiger partial charge in [0.25, 0.3) is 0 Å². The van der Waals surface area contributed by atoms with Crippen LogP contribution in [-0.4, -0.2) is 0 Å². The molecule has 0 amide bonds. The van der Waals surface area contributed by atoms with Crippen LogP contribution < -0.4 is 4.90 Å². The van der Waals surface area contributed by atoms with Crippen LogP contribution in [0.4, 0.5) is 17.1 Å². The quantitative estimate of drug-likeness (QED) is 0.157. The molecular weight excluding hydrogens is 747 g/mol. The molecular formula is C61H49N. The van der Waals surface area contributed by atoms with Crippen molar-refractivity contribution in [2.75, 3.05) is 4.90 Å². The lowest BCUT2D eigenvalue weighted by atomic mass is 9.94. The normalized spacial score (nSPS) is 10.8. The molecule has 0 bridgehead atoms. The number of hydrogen-bond acceptors (Lipinski definition) is 1. The van der Waals surface area contributed by atoms with E-state index in [-0.39, 0.29) is 0 Å². The number of hydrogen-bond donors (Lipinski definition) is 0. The number of nitrogens with zero attached hydrogens (tertiary/aromatic N) is 1. The molecule has 0 spiro atoms. The number of fused-ring (bicyclic) bond motifs is 4. The number of rotatable bonds is 5. The van der Waals surface area contributed by atoms with Gasteiger partial charge in [-0.3, -0.25) is 0 Å². The zero-order chi connectivity index (χ0) is 42.3. The molecule has 0 unspecified atom stereocenters. The largest absolute Gasteiger partial charge is 0.309 e. The third kappa shape index (κ3) is 8.61. The second kappa shape index (κ2) is 18.3. The van der Waals surface area contributed by atoms with Crippen molar-refractivity contribution in [1.29, 1.82) is 0 Å². The van der Waals surface area contributed by atoms with E-state index in [1.807, 2.05) is 6.07 Å². The number of aryl methyl sites for hydroxylation is 3. The Morgan fingerprint density at radius 1 is 0.258 bits per heavy atom. The van der Waals surface area contributed by atoms with Gasteiger partial charge >= 0.3 is 0 Å². The number of benzene rings is 11. The summed E-state index contributed by atoms with van der Waals surface area (Å²) in [5.41, 5.74) is 12.4. The first-order valence-electron chi connectivity index (χ1n) is 21.4. The first-order chi connectivity index (χ1) is 30.5. The molecule has 0 saturated carbocycles. The maximum Gasteiger partial charge on any atom is 0.0618 e. The van der Waals surface area contributed by atoms with Crippen molar-refractivity contribution in [2.45, 2.75) is 20.8 Å². The zero-order valence-electron chi connectivity index (χ0n) is 35.5. The van der Waals surface area contributed by atoms with Crippen molar-refractivity contribution in [3.63, 3.8) is 0 Å². The van der Waals surface area contributed by atoms with Crippen LogP contribution >= 0.6 is 0 Å². The van der Waals surface area contributed by atoms with Gasteiger partial charge in [-0.15, -0.1) is 0 Å². The van der Waals surface area contributed by atoms with E-state index < -0.39 is 0 Å². The van der Waals surface area contributed by atoms with E-state index >= 15 is 0 Å². The van der Waals surface area contributed by atoms with E-state index in [4.69, 9.17) is 0 Å². The van der Waals surface area contributed by atoms with Crippen molar-refractivity contribution in [1.82, 2.24) is 0 Å². The Morgan fingerprint density at radius 2 is 0.629 bits per heavy atom. The third-order valence-corrected chi connectivity index (χ3v) is 11.7. The Labute approximate surface area is 365 Å². The molecule has 1 nitrogen and oxygen atoms in total. The van der Waals surface area contributed by atoms with E-state index in [9.17, 15) is 0 Å². The summed E-state index contributed by atoms with van der Waals surface area (Å²) in [4.78, 5) is 2.44. The first-order valence-corrected chi connectivity index (χ1v) is 21.4. The fourth-order valence-electron chi connectivity index (χ4n) is 8.41. The molecule has 0 saturated heterocycles. The monoisotopic (exact) mass is 795 g/mol. The molecule has 0 aliphatic heterocycles. The van der Waals surface area contributed by atoms with E-state index in [1.165, 1.54) is 87.7 Å². The van der Waals surface area contributed by atoms with Gasteiger partial charge in [0.1, 0.15) is 0 Å². The molecule has 0 heterocycles. The first kappa shape index (κ1) is 39.7. The molecule has 62 heavy (non-hydrogen) atoms. The minimum absolute atomic E-state index is 1.14. The minimum atomic E-state index is 1.14. The molecule has 0 fully saturated rings. The Balaban J connectivity index is 0.000000165. The SMILES string of the molecule is Cc1c2ccccc2c(N(c2ccc(-c3ccccc3)cc2)c2ccc3ccccc3c2)c2ccccc12.Cc1ccc(-c2ccccc2)cc1.Cc1ccc2ccccc2c1. The molecule has 0 aromatic heterocycles. The second-order valence-corrected chi connectivity index (χ2v) is 15.9. The van der Waals surface area contributed by atoms with Crippen LogP contribution in [0.2, 0.25) is 0 Å². The standard InChI is InChI=1S/C37H27N.C13H12.C11H10/c1-26-33-15-7-9-17-35(33)37(36-18-10-8-16-34(26)36)38(32-24-21-28-13-5-6-14-30(28)25-32)31-22-19-29(20-23-31)27-11-3-2-4-12-27;1-11-7-9-13(10-8-11)12-5-3-2-4-6-12;1-9-6-7-10-4-2-3-5-11(10)8-9/h2-25H,1H3;2-10H,1H3;2-8H,1H3. The van der Waals surface area contributed by atoms with Crippen molar-refractivity contribution >= 4 is 60.2 Å². The maximum absolute atomic E-state index is 2.44. The van der Waals surface area contributed by atoms with Crippen molar-refractivity contribution in [3.05, 3.63) is 259 Å². The molecule has 11 aromatic carbocycles. The predicted molar refractivity (Wildman–Crippen MR) is 269 cm³/mol. The van der Waals surface area contributed by atoms with Gasteiger partial charge in [-0.2, -0.15) is 0 Å². The minimum Gasteiger partial charge on any atom is -0.309 e. The lowest BCUT2D eigenvalue weighted by molar-refractivity contribution is 1.31. The molecule has 298 valence electrons. The highest BCUT2D eigenvalue weighted by Crippen LogP contribution is 2.46. The number of anilines is 3. The summed E-state index contributed by atoms with van der Waals surface area (Å²) in [6.45, 7) is 6.46. The highest BCUT2D eigenvalue weighted by molar-refractivity contribution is 6.16. The summed E-state index contributed by atoms with van der Waals surface area (Å²) in [7, 11) is 0. The fraction of sp³-hybridized carbons (Fsp3) is 0.0492. The summed E-state index contributed by atoms with van der Waals surface area (Å²) in [5, 5.41) is 10.2. The van der Waals surface area contributed by atoms with Gasteiger partial charge in [0.2, 0.25) is 0 Å². The van der Waals surface area contributed by atoms with Gasteiger partial charge in [0.05, 0.1) is 5.69 Å². The van der Waals surface area contributed by atoms with Gasteiger partial charge < -0.3 is 4.90 Å². The summed E-state index contributed by atoms with van der Waals surface area (Å²) >= 11 is 0. The average molecular weight is 796 g/mol. The van der Waals surface area contributed by atoms with Crippen LogP contribution in [0.1, 0.15) is 16.7 Å². The highest BCUT2D eigenvalue weighted by Gasteiger charge is 2.20. The van der Waals surface area contributed by atoms with Gasteiger partial charge in [-0.1, -0.05) is 230 Å². The Kier molecular flexibility index (Phi) is 11.7. The van der Waals surface area contributed by atoms with E-state index in [0.29, 0.717) is 0 Å². The van der Waals surface area contributed by atoms with Crippen LogP contribution in [0.3, 0.4) is 0 Å². The molecule has 11 rings (SSSR count). The topological polar surface area (TPSA) is 3.24 Å².